The van der Waals surface area contributed by atoms with Gasteiger partial charge in [0.25, 0.3) is 5.91 Å². The summed E-state index contributed by atoms with van der Waals surface area (Å²) in [5.74, 6) is 0.0827. The van der Waals surface area contributed by atoms with Crippen LogP contribution in [0.4, 0.5) is 5.69 Å². The van der Waals surface area contributed by atoms with E-state index in [2.05, 4.69) is 5.32 Å². The second kappa shape index (κ2) is 5.94. The Morgan fingerprint density at radius 3 is 2.45 bits per heavy atom. The van der Waals surface area contributed by atoms with E-state index in [0.29, 0.717) is 37.2 Å². The van der Waals surface area contributed by atoms with Crippen LogP contribution in [0.3, 0.4) is 0 Å². The molecular formula is C15H21N3O2. The second-order valence-corrected chi connectivity index (χ2v) is 5.31. The van der Waals surface area contributed by atoms with Crippen molar-refractivity contribution < 1.29 is 9.59 Å². The number of hydrogen-bond acceptors (Lipinski definition) is 3. The molecule has 0 spiro atoms. The monoisotopic (exact) mass is 275 g/mol. The average Bonchev–Trinajstić information content (AvgIpc) is 2.45. The predicted molar refractivity (Wildman–Crippen MR) is 78.3 cm³/mol. The Hall–Kier alpha value is -2.04. The zero-order valence-corrected chi connectivity index (χ0v) is 12.0. The normalized spacial score (nSPS) is 16.0. The fourth-order valence-electron chi connectivity index (χ4n) is 2.67. The Morgan fingerprint density at radius 1 is 1.25 bits per heavy atom. The average molecular weight is 275 g/mol. The van der Waals surface area contributed by atoms with Crippen molar-refractivity contribution in [2.24, 2.45) is 5.92 Å². The van der Waals surface area contributed by atoms with Crippen LogP contribution in [0.1, 0.15) is 28.8 Å². The van der Waals surface area contributed by atoms with E-state index < -0.39 is 0 Å². The first kappa shape index (κ1) is 14.4. The Labute approximate surface area is 119 Å². The number of nitrogens with two attached hydrogens (primary N) is 1. The maximum absolute atomic E-state index is 12.4. The summed E-state index contributed by atoms with van der Waals surface area (Å²) in [6.45, 7) is 3.15. The highest BCUT2D eigenvalue weighted by atomic mass is 16.2. The highest BCUT2D eigenvalue weighted by molar-refractivity contribution is 5.95. The molecule has 2 rings (SSSR count). The van der Waals surface area contributed by atoms with Crippen LogP contribution in [0.2, 0.25) is 0 Å². The van der Waals surface area contributed by atoms with E-state index in [1.165, 1.54) is 0 Å². The first-order chi connectivity index (χ1) is 9.51. The molecule has 2 amide bonds. The van der Waals surface area contributed by atoms with Gasteiger partial charge in [-0.2, -0.15) is 0 Å². The number of nitrogens with zero attached hydrogens (tertiary/aromatic N) is 1. The fraction of sp³-hybridized carbons (Fsp3) is 0.467. The van der Waals surface area contributed by atoms with E-state index in [1.54, 1.807) is 18.0 Å². The van der Waals surface area contributed by atoms with Crippen molar-refractivity contribution in [1.29, 1.82) is 0 Å². The molecule has 5 nitrogen and oxygen atoms in total. The first-order valence-corrected chi connectivity index (χ1v) is 6.89. The topological polar surface area (TPSA) is 75.4 Å². The van der Waals surface area contributed by atoms with Crippen molar-refractivity contribution in [2.75, 3.05) is 25.9 Å². The number of hydrogen-bond donors (Lipinski definition) is 2. The lowest BCUT2D eigenvalue weighted by atomic mass is 9.95. The number of amides is 2. The maximum atomic E-state index is 12.4. The molecule has 0 unspecified atom stereocenters. The fourth-order valence-corrected chi connectivity index (χ4v) is 2.67. The lowest BCUT2D eigenvalue weighted by molar-refractivity contribution is -0.125. The van der Waals surface area contributed by atoms with Gasteiger partial charge in [0.1, 0.15) is 0 Å². The van der Waals surface area contributed by atoms with Gasteiger partial charge >= 0.3 is 0 Å². The second-order valence-electron chi connectivity index (χ2n) is 5.31. The number of anilines is 1. The molecule has 1 aliphatic heterocycles. The van der Waals surface area contributed by atoms with Gasteiger partial charge in [0.2, 0.25) is 5.91 Å². The molecular weight excluding hydrogens is 254 g/mol. The minimum Gasteiger partial charge on any atom is -0.399 e. The summed E-state index contributed by atoms with van der Waals surface area (Å²) in [7, 11) is 1.65. The van der Waals surface area contributed by atoms with Crippen molar-refractivity contribution in [2.45, 2.75) is 19.8 Å². The van der Waals surface area contributed by atoms with E-state index in [0.717, 1.165) is 5.56 Å². The summed E-state index contributed by atoms with van der Waals surface area (Å²) >= 11 is 0. The van der Waals surface area contributed by atoms with Gasteiger partial charge in [-0.05, 0) is 43.5 Å². The number of carbonyl (C=O) groups excluding carboxylic acids is 2. The van der Waals surface area contributed by atoms with Crippen molar-refractivity contribution in [3.63, 3.8) is 0 Å². The van der Waals surface area contributed by atoms with E-state index in [9.17, 15) is 9.59 Å². The van der Waals surface area contributed by atoms with Gasteiger partial charge in [0.05, 0.1) is 0 Å². The van der Waals surface area contributed by atoms with Crippen molar-refractivity contribution in [3.05, 3.63) is 29.3 Å². The standard InChI is InChI=1S/C15H21N3O2/c1-10-7-12(9-13(16)8-10)15(20)18-5-3-11(4-6-18)14(19)17-2/h7-9,11H,3-6,16H2,1-2H3,(H,17,19). The van der Waals surface area contributed by atoms with Crippen LogP contribution < -0.4 is 11.1 Å². The SMILES string of the molecule is CNC(=O)C1CCN(C(=O)c2cc(C)cc(N)c2)CC1. The molecule has 3 N–H and O–H groups in total. The molecule has 0 bridgehead atoms. The van der Waals surface area contributed by atoms with Crippen LogP contribution in [0.25, 0.3) is 0 Å². The third kappa shape index (κ3) is 3.10. The Morgan fingerprint density at radius 2 is 1.90 bits per heavy atom. The smallest absolute Gasteiger partial charge is 0.253 e. The van der Waals surface area contributed by atoms with E-state index in [1.807, 2.05) is 19.1 Å². The number of piperidine rings is 1. The first-order valence-electron chi connectivity index (χ1n) is 6.89. The van der Waals surface area contributed by atoms with Crippen LogP contribution in [-0.2, 0) is 4.79 Å². The van der Waals surface area contributed by atoms with Crippen LogP contribution in [0, 0.1) is 12.8 Å². The van der Waals surface area contributed by atoms with Gasteiger partial charge < -0.3 is 16.0 Å². The number of carbonyl (C=O) groups is 2. The minimum atomic E-state index is -0.00393. The molecule has 108 valence electrons. The van der Waals surface area contributed by atoms with Gasteiger partial charge in [-0.25, -0.2) is 0 Å². The lowest BCUT2D eigenvalue weighted by Crippen LogP contribution is -2.42. The summed E-state index contributed by atoms with van der Waals surface area (Å²) < 4.78 is 0. The summed E-state index contributed by atoms with van der Waals surface area (Å²) in [5, 5.41) is 2.67. The number of nitrogen functional groups attached to an aromatic ring is 1. The number of rotatable bonds is 2. The molecule has 0 saturated carbocycles. The molecule has 0 atom stereocenters. The number of nitrogens with one attached hydrogen (secondary N) is 1. The van der Waals surface area contributed by atoms with Crippen molar-refractivity contribution in [3.8, 4) is 0 Å². The van der Waals surface area contributed by atoms with Gasteiger partial charge in [-0.3, -0.25) is 9.59 Å². The Kier molecular flexibility index (Phi) is 4.27. The third-order valence-electron chi connectivity index (χ3n) is 3.75. The zero-order chi connectivity index (χ0) is 14.7. The molecule has 1 aromatic rings. The molecule has 0 radical (unpaired) electrons. The van der Waals surface area contributed by atoms with Crippen LogP contribution in [0.5, 0.6) is 0 Å². The molecule has 1 aromatic carbocycles. The quantitative estimate of drug-likeness (QED) is 0.796. The van der Waals surface area contributed by atoms with Crippen LogP contribution in [-0.4, -0.2) is 36.9 Å². The molecule has 1 aliphatic rings. The largest absolute Gasteiger partial charge is 0.399 e. The predicted octanol–water partition coefficient (Wildman–Crippen LogP) is 1.18. The maximum Gasteiger partial charge on any atom is 0.253 e. The molecule has 1 heterocycles. The lowest BCUT2D eigenvalue weighted by Gasteiger charge is -2.31. The summed E-state index contributed by atoms with van der Waals surface area (Å²) in [4.78, 5) is 25.8. The third-order valence-corrected chi connectivity index (χ3v) is 3.75. The minimum absolute atomic E-state index is 0.00393. The Balaban J connectivity index is 2.03. The molecule has 20 heavy (non-hydrogen) atoms. The van der Waals surface area contributed by atoms with Gasteiger partial charge in [0.15, 0.2) is 0 Å². The molecule has 0 aliphatic carbocycles. The van der Waals surface area contributed by atoms with Gasteiger partial charge in [0, 0.05) is 37.3 Å². The van der Waals surface area contributed by atoms with E-state index in [4.69, 9.17) is 5.73 Å². The summed E-state index contributed by atoms with van der Waals surface area (Å²) in [5.41, 5.74) is 7.99. The number of aryl methyl sites for hydroxylation is 1. The molecule has 1 fully saturated rings. The van der Waals surface area contributed by atoms with Crippen LogP contribution in [0.15, 0.2) is 18.2 Å². The zero-order valence-electron chi connectivity index (χ0n) is 12.0. The molecule has 0 aromatic heterocycles. The molecule has 5 heteroatoms. The van der Waals surface area contributed by atoms with Gasteiger partial charge in [-0.1, -0.05) is 0 Å². The number of benzene rings is 1. The summed E-state index contributed by atoms with van der Waals surface area (Å²) in [6.07, 6.45) is 1.43. The number of likely N-dealkylation sites (tertiary alicyclic amines) is 1. The Bertz CT molecular complexity index is 500. The highest BCUT2D eigenvalue weighted by Gasteiger charge is 2.27. The summed E-state index contributed by atoms with van der Waals surface area (Å²) in [6, 6.07) is 5.40. The van der Waals surface area contributed by atoms with Gasteiger partial charge in [-0.15, -0.1) is 0 Å². The van der Waals surface area contributed by atoms with E-state index in [-0.39, 0.29) is 17.7 Å². The molecule has 1 saturated heterocycles. The highest BCUT2D eigenvalue weighted by Crippen LogP contribution is 2.20. The van der Waals surface area contributed by atoms with Crippen molar-refractivity contribution in [1.82, 2.24) is 10.2 Å². The van der Waals surface area contributed by atoms with Crippen LogP contribution >= 0.6 is 0 Å². The van der Waals surface area contributed by atoms with E-state index >= 15 is 0 Å². The van der Waals surface area contributed by atoms with Crippen molar-refractivity contribution >= 4 is 17.5 Å².